The van der Waals surface area contributed by atoms with Gasteiger partial charge in [-0.25, -0.2) is 19.3 Å². The Labute approximate surface area is 413 Å². The van der Waals surface area contributed by atoms with Gasteiger partial charge in [0.15, 0.2) is 11.6 Å². The molecule has 0 radical (unpaired) electrons. The molecular formula is C52H52N12O8. The Kier molecular flexibility index (Phi) is 13.5. The minimum Gasteiger partial charge on any atom is -0.494 e. The molecule has 6 aromatic heterocycles. The molecule has 20 nitrogen and oxygen atoms in total. The van der Waals surface area contributed by atoms with E-state index in [1.165, 1.54) is 48.8 Å². The van der Waals surface area contributed by atoms with Crippen LogP contribution >= 0.6 is 0 Å². The maximum Gasteiger partial charge on any atom is 0.295 e. The fourth-order valence-corrected chi connectivity index (χ4v) is 9.23. The van der Waals surface area contributed by atoms with Crippen LogP contribution < -0.4 is 9.47 Å². The first kappa shape index (κ1) is 48.1. The number of rotatable bonds is 10. The van der Waals surface area contributed by atoms with Crippen LogP contribution in [0.1, 0.15) is 66.7 Å². The topological polar surface area (TPSA) is 227 Å². The molecule has 2 aliphatic heterocycles. The highest BCUT2D eigenvalue weighted by Crippen LogP contribution is 2.34. The molecule has 10 rings (SSSR count). The zero-order valence-electron chi connectivity index (χ0n) is 40.5. The number of methoxy groups -OCH3 is 2. The number of fused-ring (bicyclic) bond motifs is 2. The lowest BCUT2D eigenvalue weighted by Crippen LogP contribution is -2.56. The molecule has 2 aromatic carbocycles. The molecule has 0 aliphatic carbocycles. The second-order valence-electron chi connectivity index (χ2n) is 17.6. The number of benzene rings is 2. The molecule has 2 fully saturated rings. The number of aryl methyl sites for hydroxylation is 2. The Morgan fingerprint density at radius 2 is 1.08 bits per heavy atom. The Morgan fingerprint density at radius 3 is 1.50 bits per heavy atom. The predicted molar refractivity (Wildman–Crippen MR) is 265 cm³/mol. The quantitative estimate of drug-likeness (QED) is 0.133. The summed E-state index contributed by atoms with van der Waals surface area (Å²) in [5.74, 6) is -0.964. The molecule has 72 heavy (non-hydrogen) atoms. The minimum absolute atomic E-state index is 0.0863. The second kappa shape index (κ2) is 20.2. The first-order valence-corrected chi connectivity index (χ1v) is 23.3. The summed E-state index contributed by atoms with van der Waals surface area (Å²) in [6.07, 6.45) is 9.48. The molecule has 2 aliphatic rings. The van der Waals surface area contributed by atoms with Gasteiger partial charge >= 0.3 is 0 Å². The Morgan fingerprint density at radius 1 is 0.611 bits per heavy atom. The smallest absolute Gasteiger partial charge is 0.295 e. The van der Waals surface area contributed by atoms with Crippen molar-refractivity contribution in [1.82, 2.24) is 59.1 Å². The molecule has 0 saturated carbocycles. The fraction of sp³-hybridized carbons (Fsp3) is 0.269. The number of H-pyrrole nitrogens is 2. The number of amides is 4. The van der Waals surface area contributed by atoms with Crippen molar-refractivity contribution >= 4 is 57.0 Å². The fourth-order valence-electron chi connectivity index (χ4n) is 9.23. The van der Waals surface area contributed by atoms with Gasteiger partial charge < -0.3 is 39.0 Å². The molecule has 0 spiro atoms. The van der Waals surface area contributed by atoms with Gasteiger partial charge in [0.05, 0.1) is 65.2 Å². The van der Waals surface area contributed by atoms with E-state index >= 15 is 0 Å². The van der Waals surface area contributed by atoms with Gasteiger partial charge in [-0.1, -0.05) is 36.4 Å². The highest BCUT2D eigenvalue weighted by Gasteiger charge is 2.36. The lowest BCUT2D eigenvalue weighted by molar-refractivity contribution is -0.129. The number of pyridine rings is 2. The summed E-state index contributed by atoms with van der Waals surface area (Å²) in [5.41, 5.74) is 4.38. The van der Waals surface area contributed by atoms with Gasteiger partial charge in [0, 0.05) is 93.0 Å². The number of carbonyl (C=O) groups excluding carboxylic acids is 6. The third-order valence-electron chi connectivity index (χ3n) is 13.0. The standard InChI is InChI=1S/2C26H26N6O4/c1-16-9-10-32(29-16)24-22-21(20(36-3)14-28-24)19(13-27-22)23(33)26(35)30-11-12-31(17(2)15-30)25(34)18-7-5-4-6-8-18;1-16-9-10-29-32(16)24-22-21(20(36-3)14-28-24)19(13-27-22)23(33)26(35)30-11-12-31(17(2)15-30)25(34)18-7-5-4-6-8-18/h2*4-10,13-14,17,27H,11-12,15H2,1-3H3/t2*17-/m11/s1. The molecule has 4 amide bonds. The van der Waals surface area contributed by atoms with Gasteiger partial charge in [-0.3, -0.25) is 28.8 Å². The number of nitrogens with one attached hydrogen (secondary N) is 2. The molecule has 2 saturated heterocycles. The number of aromatic amines is 2. The summed E-state index contributed by atoms with van der Waals surface area (Å²) < 4.78 is 14.2. The van der Waals surface area contributed by atoms with Crippen molar-refractivity contribution < 1.29 is 38.2 Å². The molecule has 368 valence electrons. The zero-order chi connectivity index (χ0) is 50.8. The molecule has 0 bridgehead atoms. The van der Waals surface area contributed by atoms with Crippen molar-refractivity contribution in [3.8, 4) is 23.1 Å². The van der Waals surface area contributed by atoms with Crippen molar-refractivity contribution in [3.05, 3.63) is 144 Å². The average molecular weight is 973 g/mol. The Hall–Kier alpha value is -8.94. The lowest BCUT2D eigenvalue weighted by Gasteiger charge is -2.39. The third kappa shape index (κ3) is 9.04. The summed E-state index contributed by atoms with van der Waals surface area (Å²) in [6.45, 7) is 9.28. The molecular weight excluding hydrogens is 921 g/mol. The molecule has 8 heterocycles. The van der Waals surface area contributed by atoms with Gasteiger partial charge in [0.1, 0.15) is 11.5 Å². The maximum absolute atomic E-state index is 13.4. The van der Waals surface area contributed by atoms with Gasteiger partial charge in [0.2, 0.25) is 0 Å². The van der Waals surface area contributed by atoms with E-state index < -0.39 is 23.4 Å². The van der Waals surface area contributed by atoms with Crippen LogP contribution in [0.15, 0.2) is 110 Å². The highest BCUT2D eigenvalue weighted by molar-refractivity contribution is 6.46. The number of nitrogens with zero attached hydrogens (tertiary/aromatic N) is 10. The molecule has 20 heteroatoms. The lowest BCUT2D eigenvalue weighted by atomic mass is 10.1. The van der Waals surface area contributed by atoms with Crippen LogP contribution in [-0.4, -0.2) is 160 Å². The number of carbonyl (C=O) groups is 6. The van der Waals surface area contributed by atoms with Crippen molar-refractivity contribution in [2.45, 2.75) is 39.8 Å². The SMILES string of the molecule is COc1cnc(-n2ccc(C)n2)c2[nH]cc(C(=O)C(=O)N3CCN(C(=O)c4ccccc4)[C@H](C)C3)c12.COc1cnc(-n2nccc2C)c2[nH]cc(C(=O)C(=O)N3CCN(C(=O)c4ccccc4)[C@H](C)C3)c12. The van der Waals surface area contributed by atoms with Crippen LogP contribution in [0, 0.1) is 13.8 Å². The summed E-state index contributed by atoms with van der Waals surface area (Å²) >= 11 is 0. The van der Waals surface area contributed by atoms with Crippen molar-refractivity contribution in [3.63, 3.8) is 0 Å². The monoisotopic (exact) mass is 972 g/mol. The Balaban J connectivity index is 0.000000178. The van der Waals surface area contributed by atoms with Crippen LogP contribution in [0.2, 0.25) is 0 Å². The van der Waals surface area contributed by atoms with Gasteiger partial charge in [-0.05, 0) is 64.1 Å². The van der Waals surface area contributed by atoms with E-state index in [1.807, 2.05) is 76.2 Å². The van der Waals surface area contributed by atoms with Crippen LogP contribution in [0.3, 0.4) is 0 Å². The first-order valence-electron chi connectivity index (χ1n) is 23.3. The number of hydrogen-bond acceptors (Lipinski definition) is 12. The number of ketones is 2. The minimum atomic E-state index is -0.650. The second-order valence-corrected chi connectivity index (χ2v) is 17.6. The van der Waals surface area contributed by atoms with Crippen molar-refractivity contribution in [2.75, 3.05) is 53.5 Å². The number of hydrogen-bond donors (Lipinski definition) is 2. The number of aromatic nitrogens is 8. The maximum atomic E-state index is 13.4. The van der Waals surface area contributed by atoms with Gasteiger partial charge in [0.25, 0.3) is 35.2 Å². The molecule has 0 unspecified atom stereocenters. The van der Waals surface area contributed by atoms with E-state index in [2.05, 4.69) is 30.1 Å². The van der Waals surface area contributed by atoms with Gasteiger partial charge in [-0.2, -0.15) is 10.2 Å². The predicted octanol–water partition coefficient (Wildman–Crippen LogP) is 5.24. The highest BCUT2D eigenvalue weighted by atomic mass is 16.5. The molecule has 2 atom stereocenters. The van der Waals surface area contributed by atoms with Crippen molar-refractivity contribution in [2.24, 2.45) is 0 Å². The molecule has 2 N–H and O–H groups in total. The van der Waals surface area contributed by atoms with E-state index in [0.717, 1.165) is 11.4 Å². The first-order chi connectivity index (χ1) is 34.8. The van der Waals surface area contributed by atoms with Crippen LogP contribution in [0.25, 0.3) is 33.4 Å². The van der Waals surface area contributed by atoms with E-state index in [1.54, 1.807) is 55.8 Å². The number of Topliss-reactive ketones (excluding diaryl/α,β-unsaturated/α-hetero) is 2. The molecule has 8 aromatic rings. The summed E-state index contributed by atoms with van der Waals surface area (Å²) in [6, 6.07) is 21.3. The van der Waals surface area contributed by atoms with E-state index in [0.29, 0.717) is 69.2 Å². The largest absolute Gasteiger partial charge is 0.494 e. The number of ether oxygens (including phenoxy) is 2. The van der Waals surface area contributed by atoms with Gasteiger partial charge in [-0.15, -0.1) is 0 Å². The summed E-state index contributed by atoms with van der Waals surface area (Å²) in [4.78, 5) is 101. The normalized spacial score (nSPS) is 15.8. The van der Waals surface area contributed by atoms with E-state index in [9.17, 15) is 28.8 Å². The van der Waals surface area contributed by atoms with Crippen molar-refractivity contribution in [1.29, 1.82) is 0 Å². The average Bonchev–Trinajstić information content (AvgIpc) is 4.25. The van der Waals surface area contributed by atoms with E-state index in [4.69, 9.17) is 9.47 Å². The van der Waals surface area contributed by atoms with E-state index in [-0.39, 0.29) is 61.2 Å². The third-order valence-corrected chi connectivity index (χ3v) is 13.0. The van der Waals surface area contributed by atoms with Crippen LogP contribution in [0.4, 0.5) is 0 Å². The van der Waals surface area contributed by atoms with Crippen LogP contribution in [0.5, 0.6) is 11.5 Å². The Bertz CT molecular complexity index is 3360. The summed E-state index contributed by atoms with van der Waals surface area (Å²) in [5, 5.41) is 9.65. The zero-order valence-corrected chi connectivity index (χ0v) is 40.5. The summed E-state index contributed by atoms with van der Waals surface area (Å²) in [7, 11) is 2.98. The number of piperazine rings is 2. The van der Waals surface area contributed by atoms with Crippen LogP contribution in [-0.2, 0) is 9.59 Å².